The molecule has 0 unspecified atom stereocenters. The van der Waals surface area contributed by atoms with E-state index in [1.807, 2.05) is 0 Å². The highest BCUT2D eigenvalue weighted by Gasteiger charge is 2.21. The molecule has 2 N–H and O–H groups in total. The van der Waals surface area contributed by atoms with Crippen LogP contribution in [0.3, 0.4) is 0 Å². The smallest absolute Gasteiger partial charge is 0.242 e. The van der Waals surface area contributed by atoms with Crippen molar-refractivity contribution < 1.29 is 13.5 Å². The van der Waals surface area contributed by atoms with Gasteiger partial charge >= 0.3 is 0 Å². The minimum Gasteiger partial charge on any atom is -0.506 e. The van der Waals surface area contributed by atoms with Crippen molar-refractivity contribution in [3.05, 3.63) is 23.2 Å². The van der Waals surface area contributed by atoms with Gasteiger partial charge in [0.25, 0.3) is 0 Å². The second-order valence-electron chi connectivity index (χ2n) is 3.54. The Hall–Kier alpha value is -0.820. The Morgan fingerprint density at radius 3 is 2.65 bits per heavy atom. The van der Waals surface area contributed by atoms with Gasteiger partial charge in [0, 0.05) is 26.2 Å². The molecular formula is C10H15ClN2O3S. The molecule has 0 saturated carbocycles. The zero-order valence-corrected chi connectivity index (χ0v) is 11.2. The first-order valence-electron chi connectivity index (χ1n) is 4.99. The molecule has 0 fully saturated rings. The Labute approximate surface area is 106 Å². The van der Waals surface area contributed by atoms with Crippen LogP contribution >= 0.6 is 11.6 Å². The maximum atomic E-state index is 12.0. The van der Waals surface area contributed by atoms with E-state index in [1.165, 1.54) is 23.5 Å². The Morgan fingerprint density at radius 1 is 1.47 bits per heavy atom. The van der Waals surface area contributed by atoms with Crippen LogP contribution in [-0.4, -0.2) is 45.0 Å². The highest BCUT2D eigenvalue weighted by atomic mass is 35.5. The van der Waals surface area contributed by atoms with Gasteiger partial charge in [-0.05, 0) is 19.2 Å². The van der Waals surface area contributed by atoms with E-state index in [0.29, 0.717) is 13.1 Å². The molecule has 0 saturated heterocycles. The molecule has 1 rings (SSSR count). The van der Waals surface area contributed by atoms with Gasteiger partial charge in [-0.2, -0.15) is 4.31 Å². The zero-order chi connectivity index (χ0) is 13.1. The van der Waals surface area contributed by atoms with Crippen molar-refractivity contribution in [2.75, 3.05) is 27.2 Å². The van der Waals surface area contributed by atoms with Gasteiger partial charge in [-0.15, -0.1) is 0 Å². The van der Waals surface area contributed by atoms with Gasteiger partial charge in [0.2, 0.25) is 10.0 Å². The van der Waals surface area contributed by atoms with Gasteiger partial charge in [0.1, 0.15) is 5.75 Å². The molecular weight excluding hydrogens is 264 g/mol. The molecule has 7 heteroatoms. The third-order valence-electron chi connectivity index (χ3n) is 2.30. The largest absolute Gasteiger partial charge is 0.506 e. The van der Waals surface area contributed by atoms with Crippen LogP contribution in [0.15, 0.2) is 23.1 Å². The number of rotatable bonds is 5. The van der Waals surface area contributed by atoms with Crippen molar-refractivity contribution in [2.45, 2.75) is 4.90 Å². The third kappa shape index (κ3) is 3.32. The molecule has 0 aliphatic rings. The maximum Gasteiger partial charge on any atom is 0.242 e. The fraction of sp³-hybridized carbons (Fsp3) is 0.400. The van der Waals surface area contributed by atoms with Gasteiger partial charge < -0.3 is 10.4 Å². The summed E-state index contributed by atoms with van der Waals surface area (Å²) >= 11 is 5.63. The molecule has 5 nitrogen and oxygen atoms in total. The number of phenols is 1. The number of benzene rings is 1. The molecule has 0 spiro atoms. The molecule has 0 bridgehead atoms. The van der Waals surface area contributed by atoms with Crippen LogP contribution < -0.4 is 5.32 Å². The van der Waals surface area contributed by atoms with Gasteiger partial charge in [-0.25, -0.2) is 8.42 Å². The fourth-order valence-corrected chi connectivity index (χ4v) is 2.53. The van der Waals surface area contributed by atoms with Crippen molar-refractivity contribution in [1.82, 2.24) is 9.62 Å². The second kappa shape index (κ2) is 5.68. The van der Waals surface area contributed by atoms with Crippen LogP contribution in [0.4, 0.5) is 0 Å². The predicted molar refractivity (Wildman–Crippen MR) is 66.9 cm³/mol. The van der Waals surface area contributed by atoms with Crippen LogP contribution in [0.1, 0.15) is 0 Å². The summed E-state index contributed by atoms with van der Waals surface area (Å²) in [4.78, 5) is 0.0259. The first kappa shape index (κ1) is 14.2. The van der Waals surface area contributed by atoms with Crippen molar-refractivity contribution in [1.29, 1.82) is 0 Å². The van der Waals surface area contributed by atoms with E-state index in [4.69, 9.17) is 11.6 Å². The SMILES string of the molecule is CNCCN(C)S(=O)(=O)c1ccc(Cl)c(O)c1. The van der Waals surface area contributed by atoms with Crippen LogP contribution in [0.5, 0.6) is 5.75 Å². The quantitative estimate of drug-likeness (QED) is 0.839. The third-order valence-corrected chi connectivity index (χ3v) is 4.47. The van der Waals surface area contributed by atoms with E-state index in [1.54, 1.807) is 7.05 Å². The molecule has 0 amide bonds. The topological polar surface area (TPSA) is 69.6 Å². The number of hydrogen-bond acceptors (Lipinski definition) is 4. The molecule has 96 valence electrons. The average molecular weight is 279 g/mol. The molecule has 0 aliphatic heterocycles. The number of nitrogens with one attached hydrogen (secondary N) is 1. The summed E-state index contributed by atoms with van der Waals surface area (Å²) in [5.74, 6) is -0.241. The fourth-order valence-electron chi connectivity index (χ4n) is 1.22. The summed E-state index contributed by atoms with van der Waals surface area (Å²) in [7, 11) is -0.347. The Balaban J connectivity index is 3.00. The van der Waals surface area contributed by atoms with E-state index in [0.717, 1.165) is 6.07 Å². The van der Waals surface area contributed by atoms with Crippen molar-refractivity contribution in [2.24, 2.45) is 0 Å². The van der Waals surface area contributed by atoms with E-state index < -0.39 is 10.0 Å². The van der Waals surface area contributed by atoms with Gasteiger partial charge in [0.05, 0.1) is 9.92 Å². The van der Waals surface area contributed by atoms with E-state index in [-0.39, 0.29) is 15.7 Å². The molecule has 0 aliphatic carbocycles. The lowest BCUT2D eigenvalue weighted by molar-refractivity contribution is 0.460. The number of halogens is 1. The monoisotopic (exact) mass is 278 g/mol. The van der Waals surface area contributed by atoms with Crippen molar-refractivity contribution in [3.8, 4) is 5.75 Å². The average Bonchev–Trinajstić information content (AvgIpc) is 2.29. The lowest BCUT2D eigenvalue weighted by Crippen LogP contribution is -2.32. The lowest BCUT2D eigenvalue weighted by Gasteiger charge is -2.17. The number of sulfonamides is 1. The van der Waals surface area contributed by atoms with Crippen molar-refractivity contribution >= 4 is 21.6 Å². The minimum atomic E-state index is -3.58. The summed E-state index contributed by atoms with van der Waals surface area (Å²) < 4.78 is 25.3. The number of phenolic OH excluding ortho intramolecular Hbond substituents is 1. The zero-order valence-electron chi connectivity index (χ0n) is 9.64. The minimum absolute atomic E-state index is 0.0259. The van der Waals surface area contributed by atoms with Crippen LogP contribution in [0, 0.1) is 0 Å². The van der Waals surface area contributed by atoms with E-state index >= 15 is 0 Å². The number of aromatic hydroxyl groups is 1. The number of likely N-dealkylation sites (N-methyl/N-ethyl adjacent to an activating group) is 2. The summed E-state index contributed by atoms with van der Waals surface area (Å²) in [6.07, 6.45) is 0. The first-order valence-corrected chi connectivity index (χ1v) is 6.81. The summed E-state index contributed by atoms with van der Waals surface area (Å²) in [6, 6.07) is 3.87. The maximum absolute atomic E-state index is 12.0. The van der Waals surface area contributed by atoms with Crippen LogP contribution in [0.25, 0.3) is 0 Å². The standard InChI is InChI=1S/C10H15ClN2O3S/c1-12-5-6-13(2)17(15,16)8-3-4-9(11)10(14)7-8/h3-4,7,12,14H,5-6H2,1-2H3. The molecule has 1 aromatic carbocycles. The van der Waals surface area contributed by atoms with Crippen molar-refractivity contribution in [3.63, 3.8) is 0 Å². The van der Waals surface area contributed by atoms with Gasteiger partial charge in [-0.1, -0.05) is 11.6 Å². The Kier molecular flexibility index (Phi) is 4.76. The Bertz CT molecular complexity index is 490. The van der Waals surface area contributed by atoms with E-state index in [2.05, 4.69) is 5.32 Å². The molecule has 0 heterocycles. The first-order chi connectivity index (χ1) is 7.89. The number of hydrogen-bond donors (Lipinski definition) is 2. The summed E-state index contributed by atoms with van der Waals surface area (Å²) in [6.45, 7) is 0.900. The second-order valence-corrected chi connectivity index (χ2v) is 6.00. The summed E-state index contributed by atoms with van der Waals surface area (Å²) in [5.41, 5.74) is 0. The predicted octanol–water partition coefficient (Wildman–Crippen LogP) is 0.886. The molecule has 17 heavy (non-hydrogen) atoms. The van der Waals surface area contributed by atoms with Gasteiger partial charge in [-0.3, -0.25) is 0 Å². The molecule has 0 atom stereocenters. The molecule has 0 aromatic heterocycles. The van der Waals surface area contributed by atoms with Crippen LogP contribution in [0.2, 0.25) is 5.02 Å². The molecule has 0 radical (unpaired) electrons. The van der Waals surface area contributed by atoms with Gasteiger partial charge in [0.15, 0.2) is 0 Å². The summed E-state index contributed by atoms with van der Waals surface area (Å²) in [5, 5.41) is 12.4. The lowest BCUT2D eigenvalue weighted by atomic mass is 10.3. The van der Waals surface area contributed by atoms with Crippen LogP contribution in [-0.2, 0) is 10.0 Å². The highest BCUT2D eigenvalue weighted by molar-refractivity contribution is 7.89. The normalized spacial score (nSPS) is 12.0. The molecule has 1 aromatic rings. The number of nitrogens with zero attached hydrogens (tertiary/aromatic N) is 1. The van der Waals surface area contributed by atoms with E-state index in [9.17, 15) is 13.5 Å². The Morgan fingerprint density at radius 2 is 2.12 bits per heavy atom. The highest BCUT2D eigenvalue weighted by Crippen LogP contribution is 2.26.